The van der Waals surface area contributed by atoms with E-state index in [-0.39, 0.29) is 5.56 Å². The molecule has 2 heterocycles. The number of carboxylic acids is 1. The summed E-state index contributed by atoms with van der Waals surface area (Å²) >= 11 is 1.07. The lowest BCUT2D eigenvalue weighted by atomic mass is 10.1. The maximum atomic E-state index is 13.5. The van der Waals surface area contributed by atoms with E-state index in [2.05, 4.69) is 4.98 Å². The highest BCUT2D eigenvalue weighted by Gasteiger charge is 2.22. The number of thioether (sulfide) groups is 1. The van der Waals surface area contributed by atoms with E-state index in [1.165, 1.54) is 4.57 Å². The molecular formula is C21H19N3O3S. The normalized spacial score (nSPS) is 12.5. The van der Waals surface area contributed by atoms with E-state index in [1.807, 2.05) is 56.3 Å². The molecule has 0 saturated carbocycles. The molecule has 0 fully saturated rings. The summed E-state index contributed by atoms with van der Waals surface area (Å²) < 4.78 is 1.52. The van der Waals surface area contributed by atoms with Gasteiger partial charge in [-0.1, -0.05) is 42.1 Å². The number of aryl methyl sites for hydroxylation is 1. The van der Waals surface area contributed by atoms with Gasteiger partial charge in [0, 0.05) is 10.9 Å². The van der Waals surface area contributed by atoms with Gasteiger partial charge in [0.05, 0.1) is 5.69 Å². The molecule has 0 radical (unpaired) electrons. The lowest BCUT2D eigenvalue weighted by molar-refractivity contribution is -0.136. The molecule has 2 aromatic carbocycles. The first-order chi connectivity index (χ1) is 13.4. The van der Waals surface area contributed by atoms with Crippen LogP contribution in [0.5, 0.6) is 0 Å². The summed E-state index contributed by atoms with van der Waals surface area (Å²) in [5.41, 5.74) is 4.25. The second-order valence-corrected chi connectivity index (χ2v) is 8.05. The van der Waals surface area contributed by atoms with Crippen LogP contribution in [0.2, 0.25) is 0 Å². The van der Waals surface area contributed by atoms with Crippen molar-refractivity contribution in [2.75, 3.05) is 0 Å². The third kappa shape index (κ3) is 2.88. The number of hydrogen-bond acceptors (Lipinski definition) is 4. The molecule has 2 N–H and O–H groups in total. The summed E-state index contributed by atoms with van der Waals surface area (Å²) in [5, 5.41) is 9.84. The second-order valence-electron chi connectivity index (χ2n) is 6.75. The number of carbonyl (C=O) groups is 1. The Hall–Kier alpha value is -3.06. The minimum absolute atomic E-state index is 0.241. The highest BCUT2D eigenvalue weighted by Crippen LogP contribution is 2.29. The number of rotatable bonds is 4. The van der Waals surface area contributed by atoms with E-state index in [0.29, 0.717) is 21.9 Å². The molecule has 0 aliphatic heterocycles. The van der Waals surface area contributed by atoms with E-state index in [4.69, 9.17) is 4.98 Å². The summed E-state index contributed by atoms with van der Waals surface area (Å²) in [7, 11) is 0. The molecule has 7 heteroatoms. The quantitative estimate of drug-likeness (QED) is 0.403. The number of carboxylic acid groups (broad SMARTS) is 1. The van der Waals surface area contributed by atoms with Crippen molar-refractivity contribution in [3.63, 3.8) is 0 Å². The zero-order chi connectivity index (χ0) is 20.0. The van der Waals surface area contributed by atoms with Crippen LogP contribution < -0.4 is 5.56 Å². The molecule has 4 aromatic rings. The standard InChI is InChI=1S/C21H19N3O3S/c1-11-7-6-10-16(12(11)2)24-19(25)18-17(14-8-4-5-9-15(14)22-18)23-21(24)28-13(3)20(26)27/h4-10,13,22H,1-3H3,(H,26,27)/t13-/m1/s1. The Kier molecular flexibility index (Phi) is 4.47. The Morgan fingerprint density at radius 2 is 1.93 bits per heavy atom. The van der Waals surface area contributed by atoms with E-state index in [0.717, 1.165) is 33.8 Å². The van der Waals surface area contributed by atoms with Gasteiger partial charge in [0.1, 0.15) is 16.3 Å². The predicted octanol–water partition coefficient (Wildman–Crippen LogP) is 4.05. The number of nitrogens with one attached hydrogen (secondary N) is 1. The highest BCUT2D eigenvalue weighted by molar-refractivity contribution is 8.00. The van der Waals surface area contributed by atoms with Gasteiger partial charge in [0.25, 0.3) is 5.56 Å². The van der Waals surface area contributed by atoms with Crippen LogP contribution in [-0.4, -0.2) is 30.9 Å². The first-order valence-electron chi connectivity index (χ1n) is 8.88. The van der Waals surface area contributed by atoms with Crippen molar-refractivity contribution in [3.05, 3.63) is 63.9 Å². The van der Waals surface area contributed by atoms with Crippen molar-refractivity contribution in [3.8, 4) is 5.69 Å². The van der Waals surface area contributed by atoms with Gasteiger partial charge in [0.15, 0.2) is 5.16 Å². The van der Waals surface area contributed by atoms with Gasteiger partial charge in [-0.05, 0) is 44.0 Å². The number of fused-ring (bicyclic) bond motifs is 3. The van der Waals surface area contributed by atoms with Crippen LogP contribution in [0.15, 0.2) is 52.4 Å². The minimum Gasteiger partial charge on any atom is -0.480 e. The molecular weight excluding hydrogens is 374 g/mol. The van der Waals surface area contributed by atoms with Crippen molar-refractivity contribution in [2.45, 2.75) is 31.2 Å². The van der Waals surface area contributed by atoms with Crippen molar-refractivity contribution >= 4 is 39.7 Å². The number of nitrogens with zero attached hydrogens (tertiary/aromatic N) is 2. The molecule has 0 saturated heterocycles. The van der Waals surface area contributed by atoms with E-state index < -0.39 is 11.2 Å². The first kappa shape index (κ1) is 18.3. The fraction of sp³-hybridized carbons (Fsp3) is 0.190. The number of hydrogen-bond donors (Lipinski definition) is 2. The van der Waals surface area contributed by atoms with Gasteiger partial charge in [0.2, 0.25) is 0 Å². The first-order valence-corrected chi connectivity index (χ1v) is 9.76. The van der Waals surface area contributed by atoms with Crippen LogP contribution in [0.4, 0.5) is 0 Å². The maximum Gasteiger partial charge on any atom is 0.316 e. The number of H-pyrrole nitrogens is 1. The van der Waals surface area contributed by atoms with Gasteiger partial charge in [-0.15, -0.1) is 0 Å². The summed E-state index contributed by atoms with van der Waals surface area (Å²) in [4.78, 5) is 32.8. The number of para-hydroxylation sites is 1. The van der Waals surface area contributed by atoms with E-state index >= 15 is 0 Å². The monoisotopic (exact) mass is 393 g/mol. The average molecular weight is 393 g/mol. The average Bonchev–Trinajstić information content (AvgIpc) is 3.04. The zero-order valence-electron chi connectivity index (χ0n) is 15.7. The third-order valence-corrected chi connectivity index (χ3v) is 5.98. The SMILES string of the molecule is Cc1cccc(-n2c(S[C@H](C)C(=O)O)nc3c([nH]c4ccccc43)c2=O)c1C. The zero-order valence-corrected chi connectivity index (χ0v) is 16.5. The predicted molar refractivity (Wildman–Crippen MR) is 112 cm³/mol. The fourth-order valence-corrected chi connectivity index (χ4v) is 4.07. The number of aromatic nitrogens is 3. The third-order valence-electron chi connectivity index (χ3n) is 4.94. The topological polar surface area (TPSA) is 88.0 Å². The summed E-state index contributed by atoms with van der Waals surface area (Å²) in [6.45, 7) is 5.51. The molecule has 0 bridgehead atoms. The van der Waals surface area contributed by atoms with Gasteiger partial charge < -0.3 is 10.1 Å². The van der Waals surface area contributed by atoms with Crippen LogP contribution in [0.3, 0.4) is 0 Å². The molecule has 2 aromatic heterocycles. The van der Waals surface area contributed by atoms with Gasteiger partial charge in [-0.25, -0.2) is 4.98 Å². The molecule has 1 atom stereocenters. The summed E-state index contributed by atoms with van der Waals surface area (Å²) in [6.07, 6.45) is 0. The Bertz CT molecular complexity index is 1290. The Labute approximate surface area is 165 Å². The Morgan fingerprint density at radius 3 is 2.68 bits per heavy atom. The van der Waals surface area contributed by atoms with Crippen LogP contribution in [0, 0.1) is 13.8 Å². The molecule has 0 unspecified atom stereocenters. The van der Waals surface area contributed by atoms with E-state index in [9.17, 15) is 14.7 Å². The molecule has 0 aliphatic carbocycles. The molecule has 0 aliphatic rings. The molecule has 4 rings (SSSR count). The molecule has 0 spiro atoms. The van der Waals surface area contributed by atoms with Crippen molar-refractivity contribution in [2.24, 2.45) is 0 Å². The van der Waals surface area contributed by atoms with Gasteiger partial charge >= 0.3 is 5.97 Å². The maximum absolute atomic E-state index is 13.5. The largest absolute Gasteiger partial charge is 0.480 e. The van der Waals surface area contributed by atoms with Crippen molar-refractivity contribution in [1.29, 1.82) is 0 Å². The van der Waals surface area contributed by atoms with Crippen molar-refractivity contribution in [1.82, 2.24) is 14.5 Å². The molecule has 28 heavy (non-hydrogen) atoms. The van der Waals surface area contributed by atoms with E-state index in [1.54, 1.807) is 6.92 Å². The molecule has 0 amide bonds. The smallest absolute Gasteiger partial charge is 0.316 e. The van der Waals surface area contributed by atoms with Gasteiger partial charge in [-0.3, -0.25) is 14.2 Å². The summed E-state index contributed by atoms with van der Waals surface area (Å²) in [5.74, 6) is -0.953. The number of aromatic amines is 1. The number of aliphatic carboxylic acids is 1. The van der Waals surface area contributed by atoms with Crippen LogP contribution in [0.25, 0.3) is 27.6 Å². The summed E-state index contributed by atoms with van der Waals surface area (Å²) in [6, 6.07) is 13.3. The van der Waals surface area contributed by atoms with Gasteiger partial charge in [-0.2, -0.15) is 0 Å². The van der Waals surface area contributed by atoms with Crippen LogP contribution in [0.1, 0.15) is 18.1 Å². The molecule has 6 nitrogen and oxygen atoms in total. The number of benzene rings is 2. The Morgan fingerprint density at radius 1 is 1.18 bits per heavy atom. The molecule has 142 valence electrons. The lowest BCUT2D eigenvalue weighted by Gasteiger charge is -2.16. The fourth-order valence-electron chi connectivity index (χ4n) is 3.22. The van der Waals surface area contributed by atoms with Crippen LogP contribution in [-0.2, 0) is 4.79 Å². The second kappa shape index (κ2) is 6.83. The van der Waals surface area contributed by atoms with Crippen LogP contribution >= 0.6 is 11.8 Å². The Balaban J connectivity index is 2.10. The lowest BCUT2D eigenvalue weighted by Crippen LogP contribution is -2.24. The van der Waals surface area contributed by atoms with Crippen molar-refractivity contribution < 1.29 is 9.90 Å². The minimum atomic E-state index is -0.953. The highest BCUT2D eigenvalue weighted by atomic mass is 32.2.